The van der Waals surface area contributed by atoms with Gasteiger partial charge in [-0.2, -0.15) is 0 Å². The van der Waals surface area contributed by atoms with Gasteiger partial charge >= 0.3 is 0 Å². The molecular formula is C15H15ClN2O3. The van der Waals surface area contributed by atoms with Crippen molar-refractivity contribution in [2.45, 2.75) is 6.10 Å². The van der Waals surface area contributed by atoms with Crippen LogP contribution in [0.4, 0.5) is 0 Å². The number of nitrogens with one attached hydrogen (secondary N) is 1. The molecule has 0 radical (unpaired) electrons. The number of halogens is 1. The van der Waals surface area contributed by atoms with Crippen LogP contribution in [0.1, 0.15) is 10.5 Å². The van der Waals surface area contributed by atoms with E-state index >= 15 is 0 Å². The lowest BCUT2D eigenvalue weighted by Gasteiger charge is -2.29. The number of carbonyl (C=O) groups excluding carboxylic acids is 1. The molecule has 1 atom stereocenters. The number of likely N-dealkylation sites (N-methyl/N-ethyl adjacent to an activating group) is 1. The smallest absolute Gasteiger partial charge is 0.270 e. The second-order valence-electron chi connectivity index (χ2n) is 4.91. The number of carbonyl (C=O) groups is 1. The van der Waals surface area contributed by atoms with Crippen LogP contribution in [0.25, 0.3) is 0 Å². The summed E-state index contributed by atoms with van der Waals surface area (Å²) in [6, 6.07) is 9.11. The Hall–Kier alpha value is -2.14. The van der Waals surface area contributed by atoms with Crippen LogP contribution in [-0.4, -0.2) is 42.1 Å². The van der Waals surface area contributed by atoms with Gasteiger partial charge in [-0.15, -0.1) is 0 Å². The summed E-state index contributed by atoms with van der Waals surface area (Å²) in [5.74, 6) is 1.31. The molecule has 1 aliphatic rings. The summed E-state index contributed by atoms with van der Waals surface area (Å²) in [6.45, 7) is 0.851. The summed E-state index contributed by atoms with van der Waals surface area (Å²) < 4.78 is 11.5. The van der Waals surface area contributed by atoms with E-state index in [0.717, 1.165) is 5.75 Å². The van der Waals surface area contributed by atoms with Gasteiger partial charge in [0.05, 0.1) is 11.6 Å². The highest BCUT2D eigenvalue weighted by Gasteiger charge is 2.24. The lowest BCUT2D eigenvalue weighted by atomic mass is 10.2. The standard InChI is InChI=1S/C15H15ClN2O3/c1-18(15(19)12-6-10(16)7-17-12)8-11-9-20-13-4-2-3-5-14(13)21-11/h2-7,11,17H,8-9H2,1H3/t11-/m0/s1. The minimum Gasteiger partial charge on any atom is -0.486 e. The second-order valence-corrected chi connectivity index (χ2v) is 5.35. The molecule has 1 aliphatic heterocycles. The number of ether oxygens (including phenoxy) is 2. The minimum absolute atomic E-state index is 0.135. The maximum atomic E-state index is 12.2. The van der Waals surface area contributed by atoms with Crippen molar-refractivity contribution in [3.8, 4) is 11.5 Å². The largest absolute Gasteiger partial charge is 0.486 e. The molecule has 1 aromatic carbocycles. The fourth-order valence-electron chi connectivity index (χ4n) is 2.24. The molecule has 0 saturated carbocycles. The molecular weight excluding hydrogens is 292 g/mol. The van der Waals surface area contributed by atoms with Gasteiger partial charge in [0.15, 0.2) is 17.6 Å². The Kier molecular flexibility index (Phi) is 3.75. The van der Waals surface area contributed by atoms with Crippen molar-refractivity contribution in [1.82, 2.24) is 9.88 Å². The molecule has 1 amide bonds. The number of rotatable bonds is 3. The Balaban J connectivity index is 1.63. The van der Waals surface area contributed by atoms with Crippen LogP contribution in [0.5, 0.6) is 11.5 Å². The highest BCUT2D eigenvalue weighted by molar-refractivity contribution is 6.30. The van der Waals surface area contributed by atoms with E-state index in [0.29, 0.717) is 29.6 Å². The Labute approximate surface area is 127 Å². The minimum atomic E-state index is -0.195. The van der Waals surface area contributed by atoms with E-state index < -0.39 is 0 Å². The fraction of sp³-hybridized carbons (Fsp3) is 0.267. The molecule has 2 heterocycles. The lowest BCUT2D eigenvalue weighted by molar-refractivity contribution is 0.0518. The maximum Gasteiger partial charge on any atom is 0.270 e. The molecule has 110 valence electrons. The van der Waals surface area contributed by atoms with E-state index in [1.54, 1.807) is 24.2 Å². The second kappa shape index (κ2) is 5.69. The molecule has 5 nitrogen and oxygen atoms in total. The highest BCUT2D eigenvalue weighted by atomic mass is 35.5. The molecule has 1 N–H and O–H groups in total. The predicted molar refractivity (Wildman–Crippen MR) is 79.1 cm³/mol. The molecule has 21 heavy (non-hydrogen) atoms. The normalized spacial score (nSPS) is 16.6. The summed E-state index contributed by atoms with van der Waals surface area (Å²) in [4.78, 5) is 16.6. The third-order valence-corrected chi connectivity index (χ3v) is 3.49. The first-order chi connectivity index (χ1) is 10.1. The van der Waals surface area contributed by atoms with Crippen LogP contribution in [0.3, 0.4) is 0 Å². The number of aromatic nitrogens is 1. The van der Waals surface area contributed by atoms with E-state index in [2.05, 4.69) is 4.98 Å². The number of fused-ring (bicyclic) bond motifs is 1. The van der Waals surface area contributed by atoms with Crippen LogP contribution in [0, 0.1) is 0 Å². The van der Waals surface area contributed by atoms with E-state index in [1.807, 2.05) is 24.3 Å². The predicted octanol–water partition coefficient (Wildman–Crippen LogP) is 2.58. The van der Waals surface area contributed by atoms with Gasteiger partial charge in [0.1, 0.15) is 12.3 Å². The molecule has 0 spiro atoms. The van der Waals surface area contributed by atoms with Gasteiger partial charge in [0.2, 0.25) is 0 Å². The van der Waals surface area contributed by atoms with Crippen LogP contribution in [0.15, 0.2) is 36.5 Å². The quantitative estimate of drug-likeness (QED) is 0.948. The molecule has 0 bridgehead atoms. The summed E-state index contributed by atoms with van der Waals surface area (Å²) in [5, 5.41) is 0.512. The number of hydrogen-bond acceptors (Lipinski definition) is 3. The Bertz CT molecular complexity index is 656. The SMILES string of the molecule is CN(C[C@H]1COc2ccccc2O1)C(=O)c1cc(Cl)c[nH]1. The summed E-state index contributed by atoms with van der Waals surface area (Å²) in [5.41, 5.74) is 0.458. The monoisotopic (exact) mass is 306 g/mol. The van der Waals surface area contributed by atoms with Crippen LogP contribution >= 0.6 is 11.6 Å². The topological polar surface area (TPSA) is 54.6 Å². The first kappa shape index (κ1) is 13.8. The third-order valence-electron chi connectivity index (χ3n) is 3.27. The van der Waals surface area contributed by atoms with Gasteiger partial charge in [-0.3, -0.25) is 4.79 Å². The van der Waals surface area contributed by atoms with Crippen molar-refractivity contribution in [2.75, 3.05) is 20.2 Å². The summed E-state index contributed by atoms with van der Waals surface area (Å²) in [6.07, 6.45) is 1.39. The fourth-order valence-corrected chi connectivity index (χ4v) is 2.40. The zero-order valence-electron chi connectivity index (χ0n) is 11.5. The number of H-pyrrole nitrogens is 1. The first-order valence-corrected chi connectivity index (χ1v) is 6.99. The zero-order chi connectivity index (χ0) is 14.8. The lowest BCUT2D eigenvalue weighted by Crippen LogP contribution is -2.41. The van der Waals surface area contributed by atoms with Crippen LogP contribution < -0.4 is 9.47 Å². The van der Waals surface area contributed by atoms with Gasteiger partial charge in [-0.1, -0.05) is 23.7 Å². The van der Waals surface area contributed by atoms with Crippen LogP contribution in [0.2, 0.25) is 5.02 Å². The maximum absolute atomic E-state index is 12.2. The molecule has 2 aromatic rings. The average Bonchev–Trinajstić information content (AvgIpc) is 2.93. The number of nitrogens with zero attached hydrogens (tertiary/aromatic N) is 1. The van der Waals surface area contributed by atoms with Gasteiger partial charge < -0.3 is 19.4 Å². The van der Waals surface area contributed by atoms with Gasteiger partial charge in [0, 0.05) is 13.2 Å². The molecule has 0 saturated heterocycles. The molecule has 0 fully saturated rings. The van der Waals surface area contributed by atoms with Crippen molar-refractivity contribution in [1.29, 1.82) is 0 Å². The van der Waals surface area contributed by atoms with E-state index in [4.69, 9.17) is 21.1 Å². The summed E-state index contributed by atoms with van der Waals surface area (Å²) in [7, 11) is 1.72. The number of hydrogen-bond donors (Lipinski definition) is 1. The van der Waals surface area contributed by atoms with Gasteiger partial charge in [-0.05, 0) is 18.2 Å². The molecule has 0 unspecified atom stereocenters. The van der Waals surface area contributed by atoms with E-state index in [9.17, 15) is 4.79 Å². The van der Waals surface area contributed by atoms with Crippen molar-refractivity contribution in [3.05, 3.63) is 47.2 Å². The number of benzene rings is 1. The third kappa shape index (κ3) is 2.97. The summed E-state index contributed by atoms with van der Waals surface area (Å²) >= 11 is 5.81. The highest BCUT2D eigenvalue weighted by Crippen LogP contribution is 2.31. The van der Waals surface area contributed by atoms with Crippen molar-refractivity contribution < 1.29 is 14.3 Å². The Morgan fingerprint density at radius 1 is 1.43 bits per heavy atom. The number of para-hydroxylation sites is 2. The molecule has 0 aliphatic carbocycles. The Morgan fingerprint density at radius 2 is 2.19 bits per heavy atom. The van der Waals surface area contributed by atoms with Crippen molar-refractivity contribution in [2.24, 2.45) is 0 Å². The van der Waals surface area contributed by atoms with Crippen LogP contribution in [-0.2, 0) is 0 Å². The molecule has 3 rings (SSSR count). The van der Waals surface area contributed by atoms with E-state index in [1.165, 1.54) is 0 Å². The average molecular weight is 307 g/mol. The zero-order valence-corrected chi connectivity index (χ0v) is 12.3. The number of amides is 1. The van der Waals surface area contributed by atoms with Crippen molar-refractivity contribution in [3.63, 3.8) is 0 Å². The van der Waals surface area contributed by atoms with E-state index in [-0.39, 0.29) is 12.0 Å². The van der Waals surface area contributed by atoms with Gasteiger partial charge in [0.25, 0.3) is 5.91 Å². The van der Waals surface area contributed by atoms with Crippen molar-refractivity contribution >= 4 is 17.5 Å². The van der Waals surface area contributed by atoms with Gasteiger partial charge in [-0.25, -0.2) is 0 Å². The molecule has 6 heteroatoms. The first-order valence-electron chi connectivity index (χ1n) is 6.61. The Morgan fingerprint density at radius 3 is 2.90 bits per heavy atom. The number of aromatic amines is 1. The molecule has 1 aromatic heterocycles.